The molecular formula is C14H17NO6. The molecule has 1 aromatic carbocycles. The Balaban J connectivity index is 2.55. The molecule has 0 saturated carbocycles. The van der Waals surface area contributed by atoms with Crippen LogP contribution in [0.15, 0.2) is 30.8 Å². The number of aliphatic carboxylic acids is 1. The summed E-state index contributed by atoms with van der Waals surface area (Å²) in [5, 5.41) is 38.7. The summed E-state index contributed by atoms with van der Waals surface area (Å²) >= 11 is 0. The number of nitrogens with one attached hydrogen (secondary N) is 1. The quantitative estimate of drug-likeness (QED) is 0.444. The minimum atomic E-state index is -2.24. The molecule has 0 fully saturated rings. The summed E-state index contributed by atoms with van der Waals surface area (Å²) in [5.74, 6) is -2.70. The molecule has 7 nitrogen and oxygen atoms in total. The molecule has 0 aliphatic rings. The summed E-state index contributed by atoms with van der Waals surface area (Å²) in [6.45, 7) is 3.69. The zero-order valence-corrected chi connectivity index (χ0v) is 11.1. The molecule has 3 atom stereocenters. The Morgan fingerprint density at radius 2 is 1.71 bits per heavy atom. The largest absolute Gasteiger partial charge is 0.479 e. The van der Waals surface area contributed by atoms with Gasteiger partial charge in [-0.05, 0) is 11.1 Å². The molecule has 0 aliphatic carbocycles. The van der Waals surface area contributed by atoms with Gasteiger partial charge in [-0.1, -0.05) is 36.9 Å². The van der Waals surface area contributed by atoms with Crippen LogP contribution in [-0.4, -0.2) is 50.6 Å². The monoisotopic (exact) mass is 295 g/mol. The maximum Gasteiger partial charge on any atom is 0.335 e. The Hall–Kier alpha value is -2.22. The van der Waals surface area contributed by atoms with Gasteiger partial charge in [0.1, 0.15) is 6.10 Å². The Morgan fingerprint density at radius 3 is 2.19 bits per heavy atom. The Morgan fingerprint density at radius 1 is 1.14 bits per heavy atom. The van der Waals surface area contributed by atoms with E-state index in [9.17, 15) is 19.8 Å². The number of hydrogen-bond donors (Lipinski definition) is 5. The van der Waals surface area contributed by atoms with Crippen molar-refractivity contribution in [3.05, 3.63) is 42.0 Å². The van der Waals surface area contributed by atoms with E-state index in [1.54, 1.807) is 30.3 Å². The van der Waals surface area contributed by atoms with Crippen molar-refractivity contribution in [2.75, 3.05) is 0 Å². The van der Waals surface area contributed by atoms with Crippen LogP contribution in [0.1, 0.15) is 11.1 Å². The molecule has 114 valence electrons. The molecule has 5 N–H and O–H groups in total. The second-order valence-corrected chi connectivity index (χ2v) is 4.38. The highest BCUT2D eigenvalue weighted by molar-refractivity contribution is 5.83. The number of carboxylic acid groups (broad SMARTS) is 1. The van der Waals surface area contributed by atoms with Gasteiger partial charge < -0.3 is 25.7 Å². The van der Waals surface area contributed by atoms with Crippen LogP contribution in [0.25, 0.3) is 6.08 Å². The zero-order chi connectivity index (χ0) is 16.0. The van der Waals surface area contributed by atoms with Crippen molar-refractivity contribution in [2.24, 2.45) is 0 Å². The molecule has 21 heavy (non-hydrogen) atoms. The number of aliphatic hydroxyl groups excluding tert-OH is 3. The SMILES string of the molecule is C=Cc1ccc(CNC(=O)[C@@H](O)[C@H](O)[C@@H](O)C(=O)O)cc1. The van der Waals surface area contributed by atoms with Crippen LogP contribution in [0, 0.1) is 0 Å². The van der Waals surface area contributed by atoms with Crippen LogP contribution in [0.5, 0.6) is 0 Å². The number of carbonyl (C=O) groups is 2. The van der Waals surface area contributed by atoms with Gasteiger partial charge >= 0.3 is 5.97 Å². The van der Waals surface area contributed by atoms with Crippen LogP contribution in [0.2, 0.25) is 0 Å². The number of amides is 1. The standard InChI is InChI=1S/C14H17NO6/c1-2-8-3-5-9(6-4-8)7-15-13(19)11(17)10(16)12(18)14(20)21/h2-6,10-12,16-18H,1,7H2,(H,15,19)(H,20,21)/t10-,11-,12+/m0/s1. The first-order valence-corrected chi connectivity index (χ1v) is 6.13. The van der Waals surface area contributed by atoms with Gasteiger partial charge in [0.05, 0.1) is 0 Å². The number of carboxylic acids is 1. The lowest BCUT2D eigenvalue weighted by molar-refractivity contribution is -0.161. The van der Waals surface area contributed by atoms with Crippen molar-refractivity contribution in [3.63, 3.8) is 0 Å². The van der Waals surface area contributed by atoms with Gasteiger partial charge in [0, 0.05) is 6.54 Å². The minimum Gasteiger partial charge on any atom is -0.479 e. The molecule has 0 bridgehead atoms. The van der Waals surface area contributed by atoms with Gasteiger partial charge in [-0.3, -0.25) is 4.79 Å². The summed E-state index contributed by atoms with van der Waals surface area (Å²) in [6.07, 6.45) is -4.72. The molecule has 0 aliphatic heterocycles. The average Bonchev–Trinajstić information content (AvgIpc) is 2.50. The van der Waals surface area contributed by atoms with Gasteiger partial charge in [-0.2, -0.15) is 0 Å². The normalized spacial score (nSPS) is 14.8. The molecule has 1 aromatic rings. The molecule has 0 saturated heterocycles. The fourth-order valence-electron chi connectivity index (χ4n) is 1.54. The van der Waals surface area contributed by atoms with E-state index in [1.807, 2.05) is 0 Å². The number of rotatable bonds is 7. The topological polar surface area (TPSA) is 127 Å². The van der Waals surface area contributed by atoms with Crippen LogP contribution in [0.3, 0.4) is 0 Å². The fraction of sp³-hybridized carbons (Fsp3) is 0.286. The lowest BCUT2D eigenvalue weighted by Crippen LogP contribution is -2.49. The third-order valence-corrected chi connectivity index (χ3v) is 2.85. The lowest BCUT2D eigenvalue weighted by atomic mass is 10.1. The van der Waals surface area contributed by atoms with Crippen LogP contribution >= 0.6 is 0 Å². The zero-order valence-electron chi connectivity index (χ0n) is 11.1. The highest BCUT2D eigenvalue weighted by atomic mass is 16.4. The van der Waals surface area contributed by atoms with Crippen molar-refractivity contribution in [1.29, 1.82) is 0 Å². The molecule has 0 radical (unpaired) electrons. The summed E-state index contributed by atoms with van der Waals surface area (Å²) in [5.41, 5.74) is 1.65. The number of carbonyl (C=O) groups excluding carboxylic acids is 1. The van der Waals surface area contributed by atoms with E-state index in [-0.39, 0.29) is 6.54 Å². The highest BCUT2D eigenvalue weighted by Gasteiger charge is 2.34. The maximum absolute atomic E-state index is 11.6. The van der Waals surface area contributed by atoms with Crippen LogP contribution < -0.4 is 5.32 Å². The van der Waals surface area contributed by atoms with Gasteiger partial charge in [-0.15, -0.1) is 0 Å². The maximum atomic E-state index is 11.6. The Kier molecular flexibility index (Phi) is 6.04. The first-order chi connectivity index (χ1) is 9.86. The van der Waals surface area contributed by atoms with E-state index < -0.39 is 30.2 Å². The smallest absolute Gasteiger partial charge is 0.335 e. The molecule has 0 spiro atoms. The molecule has 0 aromatic heterocycles. The van der Waals surface area contributed by atoms with Gasteiger partial charge in [0.25, 0.3) is 5.91 Å². The predicted molar refractivity (Wildman–Crippen MR) is 74.0 cm³/mol. The van der Waals surface area contributed by atoms with Gasteiger partial charge in [-0.25, -0.2) is 4.79 Å². The van der Waals surface area contributed by atoms with Crippen molar-refractivity contribution < 1.29 is 30.0 Å². The van der Waals surface area contributed by atoms with Crippen LogP contribution in [0.4, 0.5) is 0 Å². The second kappa shape index (κ2) is 7.53. The predicted octanol–water partition coefficient (Wildman–Crippen LogP) is -0.887. The van der Waals surface area contributed by atoms with E-state index in [0.717, 1.165) is 11.1 Å². The van der Waals surface area contributed by atoms with E-state index in [2.05, 4.69) is 11.9 Å². The summed E-state index contributed by atoms with van der Waals surface area (Å²) in [4.78, 5) is 22.0. The van der Waals surface area contributed by atoms with Crippen molar-refractivity contribution >= 4 is 18.0 Å². The second-order valence-electron chi connectivity index (χ2n) is 4.38. The number of benzene rings is 1. The van der Waals surface area contributed by atoms with Gasteiger partial charge in [0.15, 0.2) is 12.2 Å². The van der Waals surface area contributed by atoms with E-state index in [4.69, 9.17) is 10.2 Å². The van der Waals surface area contributed by atoms with Crippen molar-refractivity contribution in [1.82, 2.24) is 5.32 Å². The highest BCUT2D eigenvalue weighted by Crippen LogP contribution is 2.06. The van der Waals surface area contributed by atoms with E-state index >= 15 is 0 Å². The first kappa shape index (κ1) is 16.8. The molecule has 7 heteroatoms. The van der Waals surface area contributed by atoms with Crippen molar-refractivity contribution in [2.45, 2.75) is 24.9 Å². The molecular weight excluding hydrogens is 278 g/mol. The van der Waals surface area contributed by atoms with Gasteiger partial charge in [0.2, 0.25) is 0 Å². The summed E-state index contributed by atoms with van der Waals surface area (Å²) in [7, 11) is 0. The Bertz CT molecular complexity index is 513. The fourth-order valence-corrected chi connectivity index (χ4v) is 1.54. The first-order valence-electron chi connectivity index (χ1n) is 6.13. The van der Waals surface area contributed by atoms with E-state index in [1.165, 1.54) is 0 Å². The molecule has 0 unspecified atom stereocenters. The van der Waals surface area contributed by atoms with E-state index in [0.29, 0.717) is 0 Å². The molecule has 1 rings (SSSR count). The van der Waals surface area contributed by atoms with Crippen LogP contribution in [-0.2, 0) is 16.1 Å². The Labute approximate surface area is 121 Å². The summed E-state index contributed by atoms with van der Waals surface area (Å²) < 4.78 is 0. The third-order valence-electron chi connectivity index (χ3n) is 2.85. The van der Waals surface area contributed by atoms with Crippen molar-refractivity contribution in [3.8, 4) is 0 Å². The minimum absolute atomic E-state index is 0.0865. The summed E-state index contributed by atoms with van der Waals surface area (Å²) in [6, 6.07) is 7.06. The number of hydrogen-bond acceptors (Lipinski definition) is 5. The third kappa shape index (κ3) is 4.67. The molecule has 1 amide bonds. The number of aliphatic hydroxyl groups is 3. The lowest BCUT2D eigenvalue weighted by Gasteiger charge is -2.19. The average molecular weight is 295 g/mol. The molecule has 0 heterocycles.